The first-order chi connectivity index (χ1) is 46.4. The zero-order chi connectivity index (χ0) is 65.5. The Labute approximate surface area is 553 Å². The third-order valence-electron chi connectivity index (χ3n) is 17.3. The van der Waals surface area contributed by atoms with Crippen molar-refractivity contribution in [2.45, 2.75) is 88.4 Å². The van der Waals surface area contributed by atoms with Crippen LogP contribution in [-0.2, 0) is 54.6 Å². The molecule has 4 amide bonds. The summed E-state index contributed by atoms with van der Waals surface area (Å²) in [6.07, 6.45) is 9.99. The molecular weight excluding hydrogens is 1190 g/mol. The molecule has 2 aromatic heterocycles. The molecular formula is C79H77N9O7. The first-order valence-electron chi connectivity index (χ1n) is 32.2. The van der Waals surface area contributed by atoms with Gasteiger partial charge in [0.2, 0.25) is 17.7 Å². The van der Waals surface area contributed by atoms with Crippen molar-refractivity contribution in [1.82, 2.24) is 41.2 Å². The zero-order valence-corrected chi connectivity index (χ0v) is 53.2. The molecule has 8 N–H and O–H groups in total. The van der Waals surface area contributed by atoms with E-state index >= 15 is 0 Å². The van der Waals surface area contributed by atoms with Crippen molar-refractivity contribution < 1.29 is 33.4 Å². The van der Waals surface area contributed by atoms with E-state index in [4.69, 9.17) is 24.9 Å². The van der Waals surface area contributed by atoms with Gasteiger partial charge in [-0.25, -0.2) is 14.8 Å². The number of nitrogens with zero attached hydrogens (tertiary/aromatic N) is 2. The summed E-state index contributed by atoms with van der Waals surface area (Å²) in [4.78, 5) is 70.7. The highest BCUT2D eigenvalue weighted by molar-refractivity contribution is 5.92. The van der Waals surface area contributed by atoms with Crippen LogP contribution in [0.4, 0.5) is 4.79 Å². The minimum absolute atomic E-state index is 0.0196. The molecule has 16 nitrogen and oxygen atoms in total. The van der Waals surface area contributed by atoms with Crippen molar-refractivity contribution in [3.63, 3.8) is 0 Å². The SMILES string of the molecule is CC(C)(N)C(=O)N[C@H](COCc1ccccc1)C(=O)N[C@H](CC1=CCc2ccccc21)c1ncc(-c2ccccc2)[nH]1.O=C(N[C@H](COCc1ccccc1)C(=O)N[C@H](CC1=CCc2ccccc21)c1ncc(-c2ccccc2)[nH]1)OCC1c2ccccc2-c2ccccc21. The van der Waals surface area contributed by atoms with Crippen molar-refractivity contribution >= 4 is 35.0 Å². The number of aromatic nitrogens is 4. The second-order valence-corrected chi connectivity index (χ2v) is 24.6. The number of rotatable bonds is 25. The van der Waals surface area contributed by atoms with E-state index in [9.17, 15) is 19.2 Å². The van der Waals surface area contributed by atoms with Gasteiger partial charge in [0.1, 0.15) is 30.3 Å². The number of benzene rings is 8. The molecule has 2 heterocycles. The van der Waals surface area contributed by atoms with E-state index in [0.717, 1.165) is 79.9 Å². The number of alkyl carbamates (subject to hydrolysis) is 1. The van der Waals surface area contributed by atoms with Crippen LogP contribution in [0, 0.1) is 0 Å². The Bertz CT molecular complexity index is 4290. The van der Waals surface area contributed by atoms with Crippen LogP contribution in [0.15, 0.2) is 243 Å². The lowest BCUT2D eigenvalue weighted by atomic mass is 9.98. The summed E-state index contributed by atoms with van der Waals surface area (Å²) in [7, 11) is 0. The molecule has 0 bridgehead atoms. The standard InChI is InChI=1S/C45H40N4O4.C34H37N5O3/c50-44(48-40(25-33-24-23-31-15-7-8-18-34(31)33)43-46-26-41(47-43)32-16-5-2-6-17-32)42(29-52-27-30-13-3-1-4-14-30)49-45(51)53-28-39-37-21-11-9-19-35(37)36-20-10-12-22-38(36)39;1-34(2,35)33(41)39-30(22-42-21-23-11-5-3-6-12-23)32(40)38-28(19-26-18-17-24-13-9-10-16-27(24)26)31-36-20-29(37-31)25-14-7-4-8-15-25/h1-22,24,26,39-40,42H,23,25,27-29H2,(H,46,47)(H,48,50)(H,49,51);3-16,18,20,28,30H,17,19,21-22,35H2,1-2H3,(H,36,37)(H,38,40)(H,39,41)/t40-,42-;28-,30-/m11/s1. The molecule has 0 saturated carbocycles. The largest absolute Gasteiger partial charge is 0.449 e. The van der Waals surface area contributed by atoms with Gasteiger partial charge in [0.15, 0.2) is 0 Å². The lowest BCUT2D eigenvalue weighted by Crippen LogP contribution is -2.57. The van der Waals surface area contributed by atoms with Crippen molar-refractivity contribution in [2.24, 2.45) is 5.73 Å². The van der Waals surface area contributed by atoms with Crippen molar-refractivity contribution in [1.29, 1.82) is 0 Å². The number of aromatic amines is 2. The molecule has 0 radical (unpaired) electrons. The Balaban J connectivity index is 0.000000187. The number of carbonyl (C=O) groups is 4. The molecule has 0 aliphatic heterocycles. The van der Waals surface area contributed by atoms with Crippen molar-refractivity contribution in [2.75, 3.05) is 19.8 Å². The number of hydrogen-bond donors (Lipinski definition) is 7. The van der Waals surface area contributed by atoms with Gasteiger partial charge < -0.3 is 51.2 Å². The average molecular weight is 1260 g/mol. The first kappa shape index (κ1) is 64.3. The summed E-state index contributed by atoms with van der Waals surface area (Å²) >= 11 is 0. The fourth-order valence-electron chi connectivity index (χ4n) is 12.3. The monoisotopic (exact) mass is 1260 g/mol. The number of nitrogens with two attached hydrogens (primary N) is 1. The van der Waals surface area contributed by atoms with Crippen LogP contribution in [0.2, 0.25) is 0 Å². The number of ether oxygens (including phenoxy) is 3. The van der Waals surface area contributed by atoms with Crippen molar-refractivity contribution in [3.8, 4) is 33.6 Å². The van der Waals surface area contributed by atoms with E-state index in [-0.39, 0.29) is 38.3 Å². The Kier molecular flexibility index (Phi) is 20.5. The number of imidazole rings is 2. The van der Waals surface area contributed by atoms with Gasteiger partial charge in [0.05, 0.1) is 67.8 Å². The van der Waals surface area contributed by atoms with E-state index in [2.05, 4.69) is 96.9 Å². The molecule has 0 spiro atoms. The van der Waals surface area contributed by atoms with Crippen LogP contribution in [0.25, 0.3) is 44.8 Å². The molecule has 16 heteroatoms. The number of fused-ring (bicyclic) bond motifs is 5. The van der Waals surface area contributed by atoms with Gasteiger partial charge in [-0.2, -0.15) is 0 Å². The van der Waals surface area contributed by atoms with Gasteiger partial charge in [-0.1, -0.05) is 231 Å². The predicted molar refractivity (Wildman–Crippen MR) is 370 cm³/mol. The zero-order valence-electron chi connectivity index (χ0n) is 53.2. The third-order valence-corrected chi connectivity index (χ3v) is 17.3. The number of carbonyl (C=O) groups excluding carboxylic acids is 4. The minimum atomic E-state index is -1.17. The quantitative estimate of drug-likeness (QED) is 0.0286. The Morgan fingerprint density at radius 3 is 1.33 bits per heavy atom. The molecule has 480 valence electrons. The first-order valence-corrected chi connectivity index (χ1v) is 32.2. The number of nitrogens with one attached hydrogen (secondary N) is 6. The fraction of sp³-hybridized carbons (Fsp3) is 0.215. The molecule has 3 aliphatic rings. The van der Waals surface area contributed by atoms with Crippen molar-refractivity contribution in [3.05, 3.63) is 299 Å². The molecule has 13 rings (SSSR count). The van der Waals surface area contributed by atoms with E-state index in [1.165, 1.54) is 22.3 Å². The summed E-state index contributed by atoms with van der Waals surface area (Å²) in [6.45, 7) is 3.83. The van der Waals surface area contributed by atoms with Gasteiger partial charge in [0.25, 0.3) is 0 Å². The highest BCUT2D eigenvalue weighted by Crippen LogP contribution is 2.45. The van der Waals surface area contributed by atoms with Crippen LogP contribution < -0.4 is 27.0 Å². The summed E-state index contributed by atoms with van der Waals surface area (Å²) in [5, 5.41) is 12.0. The predicted octanol–water partition coefficient (Wildman–Crippen LogP) is 13.1. The second-order valence-electron chi connectivity index (χ2n) is 24.6. The van der Waals surface area contributed by atoms with Gasteiger partial charge in [0, 0.05) is 18.8 Å². The van der Waals surface area contributed by atoms with Crippen LogP contribution in [0.1, 0.15) is 101 Å². The maximum atomic E-state index is 14.3. The molecule has 8 aromatic carbocycles. The highest BCUT2D eigenvalue weighted by Gasteiger charge is 2.34. The van der Waals surface area contributed by atoms with Gasteiger partial charge >= 0.3 is 6.09 Å². The Morgan fingerprint density at radius 1 is 0.495 bits per heavy atom. The van der Waals surface area contributed by atoms with Gasteiger partial charge in [-0.3, -0.25) is 14.4 Å². The molecule has 0 fully saturated rings. The number of allylic oxidation sites excluding steroid dienone is 2. The normalized spacial score (nSPS) is 14.0. The van der Waals surface area contributed by atoms with E-state index in [0.29, 0.717) is 31.1 Å². The summed E-state index contributed by atoms with van der Waals surface area (Å²) in [5.41, 5.74) is 22.1. The average Bonchev–Trinajstić information content (AvgIpc) is 1.63. The van der Waals surface area contributed by atoms with E-state index < -0.39 is 47.6 Å². The molecule has 0 saturated heterocycles. The summed E-state index contributed by atoms with van der Waals surface area (Å²) in [6, 6.07) is 69.3. The summed E-state index contributed by atoms with van der Waals surface area (Å²) in [5.74, 6) is -0.0930. The lowest BCUT2D eigenvalue weighted by molar-refractivity contribution is -0.133. The topological polar surface area (TPSA) is 227 Å². The van der Waals surface area contributed by atoms with E-state index in [1.807, 2.05) is 170 Å². The van der Waals surface area contributed by atoms with Crippen LogP contribution in [0.5, 0.6) is 0 Å². The smallest absolute Gasteiger partial charge is 0.407 e. The Hall–Kier alpha value is -10.8. The molecule has 0 unspecified atom stereocenters. The molecule has 3 aliphatic carbocycles. The maximum Gasteiger partial charge on any atom is 0.407 e. The summed E-state index contributed by atoms with van der Waals surface area (Å²) < 4.78 is 17.8. The van der Waals surface area contributed by atoms with Crippen LogP contribution in [-0.4, -0.2) is 81.2 Å². The second kappa shape index (κ2) is 30.3. The molecule has 4 atom stereocenters. The molecule has 95 heavy (non-hydrogen) atoms. The number of amides is 4. The molecule has 10 aromatic rings. The number of H-pyrrole nitrogens is 2. The van der Waals surface area contributed by atoms with Gasteiger partial charge in [-0.05, 0) is 105 Å². The van der Waals surface area contributed by atoms with Gasteiger partial charge in [-0.15, -0.1) is 0 Å². The fourth-order valence-corrected chi connectivity index (χ4v) is 12.3. The minimum Gasteiger partial charge on any atom is -0.449 e. The maximum absolute atomic E-state index is 14.3. The number of hydrogen-bond acceptors (Lipinski definition) is 10. The highest BCUT2D eigenvalue weighted by atomic mass is 16.5. The van der Waals surface area contributed by atoms with E-state index in [1.54, 1.807) is 26.2 Å². The lowest BCUT2D eigenvalue weighted by Gasteiger charge is -2.26. The van der Waals surface area contributed by atoms with Crippen LogP contribution in [0.3, 0.4) is 0 Å². The Morgan fingerprint density at radius 2 is 0.884 bits per heavy atom. The van der Waals surface area contributed by atoms with Crippen LogP contribution >= 0.6 is 0 Å². The third kappa shape index (κ3) is 16.2.